The Balaban J connectivity index is 2.21. The Morgan fingerprint density at radius 2 is 2.00 bits per heavy atom. The van der Waals surface area contributed by atoms with E-state index < -0.39 is 18.0 Å². The monoisotopic (exact) mass is 365 g/mol. The number of carboxylic acid groups (broad SMARTS) is 1. The molecule has 0 saturated heterocycles. The van der Waals surface area contributed by atoms with Gasteiger partial charge in [-0.05, 0) is 29.3 Å². The number of aldehydes is 1. The van der Waals surface area contributed by atoms with Crippen LogP contribution in [0.5, 0.6) is 5.75 Å². The molecule has 0 saturated carbocycles. The van der Waals surface area contributed by atoms with Crippen LogP contribution in [0.3, 0.4) is 0 Å². The summed E-state index contributed by atoms with van der Waals surface area (Å²) in [5.74, 6) is -0.00985. The van der Waals surface area contributed by atoms with Crippen LogP contribution in [0.2, 0.25) is 5.02 Å². The summed E-state index contributed by atoms with van der Waals surface area (Å²) in [6.07, 6.45) is -0.869. The van der Waals surface area contributed by atoms with Gasteiger partial charge in [0.15, 0.2) is 0 Å². The lowest BCUT2D eigenvalue weighted by molar-refractivity contribution is -0.112. The van der Waals surface area contributed by atoms with Crippen LogP contribution >= 0.6 is 11.6 Å². The Morgan fingerprint density at radius 3 is 2.56 bits per heavy atom. The van der Waals surface area contributed by atoms with Crippen molar-refractivity contribution in [2.75, 3.05) is 7.11 Å². The second kappa shape index (κ2) is 8.48. The molecular formula is C18H17ClFNO4. The Kier molecular flexibility index (Phi) is 6.36. The SMILES string of the molecule is COc1ccc(CN(C(=O)O)C(C=O)Cc2cccc(Cl)c2F)cc1. The van der Waals surface area contributed by atoms with Crippen molar-refractivity contribution in [2.45, 2.75) is 19.0 Å². The standard InChI is InChI=1S/C18H17ClFNO4/c1-25-15-7-5-12(6-8-15)10-21(18(23)24)14(11-22)9-13-3-2-4-16(19)17(13)20/h2-8,11,14H,9-10H2,1H3,(H,23,24). The van der Waals surface area contributed by atoms with E-state index in [4.69, 9.17) is 16.3 Å². The fourth-order valence-electron chi connectivity index (χ4n) is 2.42. The molecule has 0 aliphatic carbocycles. The minimum atomic E-state index is -1.27. The van der Waals surface area contributed by atoms with Crippen LogP contribution in [-0.4, -0.2) is 35.5 Å². The summed E-state index contributed by atoms with van der Waals surface area (Å²) < 4.78 is 19.1. The number of nitrogens with zero attached hydrogens (tertiary/aromatic N) is 1. The van der Waals surface area contributed by atoms with Gasteiger partial charge in [0.2, 0.25) is 0 Å². The van der Waals surface area contributed by atoms with Gasteiger partial charge in [-0.2, -0.15) is 0 Å². The predicted molar refractivity (Wildman–Crippen MR) is 91.5 cm³/mol. The molecule has 2 aromatic carbocycles. The van der Waals surface area contributed by atoms with E-state index in [0.717, 1.165) is 4.90 Å². The van der Waals surface area contributed by atoms with E-state index in [9.17, 15) is 19.1 Å². The number of rotatable bonds is 7. The topological polar surface area (TPSA) is 66.8 Å². The lowest BCUT2D eigenvalue weighted by atomic mass is 10.0. The van der Waals surface area contributed by atoms with E-state index in [1.54, 1.807) is 30.3 Å². The minimum absolute atomic E-state index is 0.00901. The van der Waals surface area contributed by atoms with Crippen molar-refractivity contribution in [3.63, 3.8) is 0 Å². The van der Waals surface area contributed by atoms with Gasteiger partial charge in [0.1, 0.15) is 17.9 Å². The molecule has 5 nitrogen and oxygen atoms in total. The summed E-state index contributed by atoms with van der Waals surface area (Å²) in [7, 11) is 1.53. The molecule has 1 atom stereocenters. The van der Waals surface area contributed by atoms with Gasteiger partial charge in [0.25, 0.3) is 0 Å². The maximum Gasteiger partial charge on any atom is 0.408 e. The highest BCUT2D eigenvalue weighted by Crippen LogP contribution is 2.21. The summed E-state index contributed by atoms with van der Waals surface area (Å²) in [5.41, 5.74) is 0.868. The van der Waals surface area contributed by atoms with Gasteiger partial charge in [-0.15, -0.1) is 0 Å². The number of methoxy groups -OCH3 is 1. The Bertz CT molecular complexity index is 751. The van der Waals surface area contributed by atoms with E-state index in [0.29, 0.717) is 17.6 Å². The number of ether oxygens (including phenoxy) is 1. The van der Waals surface area contributed by atoms with Crippen molar-refractivity contribution >= 4 is 24.0 Å². The first kappa shape index (κ1) is 18.7. The first-order valence-electron chi connectivity index (χ1n) is 7.47. The molecule has 25 heavy (non-hydrogen) atoms. The van der Waals surface area contributed by atoms with Crippen LogP contribution in [0.15, 0.2) is 42.5 Å². The van der Waals surface area contributed by atoms with Crippen LogP contribution in [0.4, 0.5) is 9.18 Å². The van der Waals surface area contributed by atoms with Crippen LogP contribution in [-0.2, 0) is 17.8 Å². The van der Waals surface area contributed by atoms with Gasteiger partial charge >= 0.3 is 6.09 Å². The van der Waals surface area contributed by atoms with E-state index in [1.807, 2.05) is 0 Å². The zero-order chi connectivity index (χ0) is 18.4. The third-order valence-corrected chi connectivity index (χ3v) is 4.07. The maximum absolute atomic E-state index is 14.0. The van der Waals surface area contributed by atoms with Gasteiger partial charge in [0.05, 0.1) is 18.2 Å². The molecule has 2 rings (SSSR count). The summed E-state index contributed by atoms with van der Waals surface area (Å²) in [4.78, 5) is 24.0. The number of carbonyl (C=O) groups excluding carboxylic acids is 1. The molecule has 0 bridgehead atoms. The van der Waals surface area contributed by atoms with Crippen LogP contribution in [0.25, 0.3) is 0 Å². The zero-order valence-corrected chi connectivity index (χ0v) is 14.2. The van der Waals surface area contributed by atoms with Gasteiger partial charge in [0, 0.05) is 13.0 Å². The Labute approximate surface area is 149 Å². The molecule has 0 heterocycles. The number of hydrogen-bond donors (Lipinski definition) is 1. The van der Waals surface area contributed by atoms with Crippen LogP contribution in [0.1, 0.15) is 11.1 Å². The molecule has 7 heteroatoms. The quantitative estimate of drug-likeness (QED) is 0.758. The molecule has 1 N–H and O–H groups in total. The smallest absolute Gasteiger partial charge is 0.408 e. The normalized spacial score (nSPS) is 11.6. The Hall–Kier alpha value is -2.60. The molecule has 132 valence electrons. The lowest BCUT2D eigenvalue weighted by Crippen LogP contribution is -2.41. The van der Waals surface area contributed by atoms with E-state index in [1.165, 1.54) is 19.2 Å². The molecule has 1 amide bonds. The molecule has 0 aromatic heterocycles. The summed E-state index contributed by atoms with van der Waals surface area (Å²) in [5, 5.41) is 9.39. The molecule has 0 fully saturated rings. The Morgan fingerprint density at radius 1 is 1.32 bits per heavy atom. The zero-order valence-electron chi connectivity index (χ0n) is 13.5. The van der Waals surface area contributed by atoms with Crippen molar-refractivity contribution in [3.05, 3.63) is 64.4 Å². The summed E-state index contributed by atoms with van der Waals surface area (Å²) >= 11 is 5.74. The van der Waals surface area contributed by atoms with Gasteiger partial charge in [-0.1, -0.05) is 35.9 Å². The molecule has 1 unspecified atom stereocenters. The molecular weight excluding hydrogens is 349 g/mol. The van der Waals surface area contributed by atoms with Crippen molar-refractivity contribution < 1.29 is 23.8 Å². The van der Waals surface area contributed by atoms with Crippen molar-refractivity contribution in [1.29, 1.82) is 0 Å². The van der Waals surface area contributed by atoms with Gasteiger partial charge in [-0.25, -0.2) is 9.18 Å². The predicted octanol–water partition coefficient (Wildman–Crippen LogP) is 3.78. The van der Waals surface area contributed by atoms with E-state index in [2.05, 4.69) is 0 Å². The first-order chi connectivity index (χ1) is 12.0. The number of amides is 1. The first-order valence-corrected chi connectivity index (χ1v) is 7.84. The summed E-state index contributed by atoms with van der Waals surface area (Å²) in [6.45, 7) is -0.00901. The lowest BCUT2D eigenvalue weighted by Gasteiger charge is -2.26. The fourth-order valence-corrected chi connectivity index (χ4v) is 2.61. The van der Waals surface area contributed by atoms with Crippen LogP contribution < -0.4 is 4.74 Å². The number of halogens is 2. The van der Waals surface area contributed by atoms with Gasteiger partial charge < -0.3 is 14.6 Å². The van der Waals surface area contributed by atoms with Crippen molar-refractivity contribution in [3.8, 4) is 5.75 Å². The van der Waals surface area contributed by atoms with E-state index >= 15 is 0 Å². The minimum Gasteiger partial charge on any atom is -0.497 e. The van der Waals surface area contributed by atoms with Gasteiger partial charge in [-0.3, -0.25) is 4.90 Å². The average molecular weight is 366 g/mol. The molecule has 2 aromatic rings. The largest absolute Gasteiger partial charge is 0.497 e. The average Bonchev–Trinajstić information content (AvgIpc) is 2.61. The molecule has 0 aliphatic heterocycles. The van der Waals surface area contributed by atoms with Crippen LogP contribution in [0, 0.1) is 5.82 Å². The summed E-state index contributed by atoms with van der Waals surface area (Å²) in [6, 6.07) is 10.2. The third kappa shape index (κ3) is 4.70. The van der Waals surface area contributed by atoms with Crippen molar-refractivity contribution in [1.82, 2.24) is 4.90 Å². The highest BCUT2D eigenvalue weighted by Gasteiger charge is 2.25. The molecule has 0 radical (unpaired) electrons. The number of benzene rings is 2. The molecule has 0 aliphatic rings. The maximum atomic E-state index is 14.0. The van der Waals surface area contributed by atoms with Crippen molar-refractivity contribution in [2.24, 2.45) is 0 Å². The second-order valence-corrected chi connectivity index (χ2v) is 5.79. The third-order valence-electron chi connectivity index (χ3n) is 3.78. The number of carbonyl (C=O) groups is 2. The van der Waals surface area contributed by atoms with E-state index in [-0.39, 0.29) is 23.6 Å². The number of hydrogen-bond acceptors (Lipinski definition) is 3. The second-order valence-electron chi connectivity index (χ2n) is 5.38. The highest BCUT2D eigenvalue weighted by molar-refractivity contribution is 6.30. The highest BCUT2D eigenvalue weighted by atomic mass is 35.5. The molecule has 0 spiro atoms. The fraction of sp³-hybridized carbons (Fsp3) is 0.222.